The highest BCUT2D eigenvalue weighted by atomic mass is 16.5. The Kier molecular flexibility index (Phi) is 6.71. The lowest BCUT2D eigenvalue weighted by atomic mass is 9.96. The fourth-order valence-electron chi connectivity index (χ4n) is 2.93. The number of piperazine rings is 1. The van der Waals surface area contributed by atoms with E-state index in [-0.39, 0.29) is 0 Å². The molecule has 1 N–H and O–H groups in total. The maximum atomic E-state index is 6.04. The molecule has 0 aliphatic carbocycles. The van der Waals surface area contributed by atoms with Gasteiger partial charge in [0, 0.05) is 32.7 Å². The predicted octanol–water partition coefficient (Wildman–Crippen LogP) is 3.70. The number of unbranched alkanes of at least 4 members (excludes halogenated alkanes) is 1. The van der Waals surface area contributed by atoms with E-state index in [0.717, 1.165) is 51.5 Å². The number of aryl methyl sites for hydroxylation is 1. The molecule has 0 atom stereocenters. The highest BCUT2D eigenvalue weighted by molar-refractivity contribution is 5.44. The van der Waals surface area contributed by atoms with Crippen LogP contribution >= 0.6 is 0 Å². The molecule has 1 aliphatic heterocycles. The zero-order valence-corrected chi connectivity index (χ0v) is 14.7. The number of hydrogen-bond donors (Lipinski definition) is 1. The molecule has 3 nitrogen and oxygen atoms in total. The van der Waals surface area contributed by atoms with Gasteiger partial charge in [0.2, 0.25) is 0 Å². The van der Waals surface area contributed by atoms with Crippen LogP contribution in [-0.4, -0.2) is 37.7 Å². The largest absolute Gasteiger partial charge is 0.493 e. The van der Waals surface area contributed by atoms with Crippen molar-refractivity contribution in [3.63, 3.8) is 0 Å². The van der Waals surface area contributed by atoms with Crippen molar-refractivity contribution < 1.29 is 4.74 Å². The summed E-state index contributed by atoms with van der Waals surface area (Å²) in [5, 5.41) is 3.42. The zero-order chi connectivity index (χ0) is 15.9. The SMILES string of the molecule is CCCCOc1cc(C)c(CN2CCNCC2)cc1C(C)C. The Morgan fingerprint density at radius 1 is 1.23 bits per heavy atom. The molecule has 0 aromatic heterocycles. The first-order chi connectivity index (χ1) is 10.6. The van der Waals surface area contributed by atoms with Crippen LogP contribution in [0.3, 0.4) is 0 Å². The number of nitrogens with one attached hydrogen (secondary N) is 1. The van der Waals surface area contributed by atoms with Gasteiger partial charge in [-0.15, -0.1) is 0 Å². The molecule has 1 aliphatic rings. The Labute approximate surface area is 136 Å². The summed E-state index contributed by atoms with van der Waals surface area (Å²) < 4.78 is 6.04. The van der Waals surface area contributed by atoms with Crippen molar-refractivity contribution in [1.29, 1.82) is 0 Å². The van der Waals surface area contributed by atoms with Gasteiger partial charge < -0.3 is 10.1 Å². The van der Waals surface area contributed by atoms with E-state index in [1.807, 2.05) is 0 Å². The quantitative estimate of drug-likeness (QED) is 0.777. The topological polar surface area (TPSA) is 24.5 Å². The Bertz CT molecular complexity index is 465. The molecule has 124 valence electrons. The lowest BCUT2D eigenvalue weighted by molar-refractivity contribution is 0.232. The second-order valence-corrected chi connectivity index (χ2v) is 6.70. The van der Waals surface area contributed by atoms with Gasteiger partial charge in [-0.05, 0) is 42.0 Å². The second-order valence-electron chi connectivity index (χ2n) is 6.70. The van der Waals surface area contributed by atoms with Gasteiger partial charge in [-0.3, -0.25) is 4.90 Å². The molecule has 0 saturated carbocycles. The van der Waals surface area contributed by atoms with E-state index in [2.05, 4.69) is 50.0 Å². The van der Waals surface area contributed by atoms with Crippen LogP contribution in [-0.2, 0) is 6.54 Å². The van der Waals surface area contributed by atoms with Crippen LogP contribution in [0.2, 0.25) is 0 Å². The highest BCUT2D eigenvalue weighted by Gasteiger charge is 2.15. The predicted molar refractivity (Wildman–Crippen MR) is 93.8 cm³/mol. The first-order valence-corrected chi connectivity index (χ1v) is 8.81. The maximum absolute atomic E-state index is 6.04. The summed E-state index contributed by atoms with van der Waals surface area (Å²) >= 11 is 0. The van der Waals surface area contributed by atoms with Gasteiger partial charge in [0.1, 0.15) is 5.75 Å². The fraction of sp³-hybridized carbons (Fsp3) is 0.684. The number of nitrogens with zero attached hydrogens (tertiary/aromatic N) is 1. The van der Waals surface area contributed by atoms with Crippen molar-refractivity contribution in [3.8, 4) is 5.75 Å². The van der Waals surface area contributed by atoms with Gasteiger partial charge in [-0.2, -0.15) is 0 Å². The highest BCUT2D eigenvalue weighted by Crippen LogP contribution is 2.30. The van der Waals surface area contributed by atoms with E-state index < -0.39 is 0 Å². The lowest BCUT2D eigenvalue weighted by Gasteiger charge is -2.28. The maximum Gasteiger partial charge on any atom is 0.123 e. The van der Waals surface area contributed by atoms with Crippen LogP contribution in [0.4, 0.5) is 0 Å². The molecule has 1 aromatic carbocycles. The molecule has 2 rings (SSSR count). The average molecular weight is 304 g/mol. The zero-order valence-electron chi connectivity index (χ0n) is 14.7. The van der Waals surface area contributed by atoms with E-state index in [1.54, 1.807) is 0 Å². The van der Waals surface area contributed by atoms with Crippen LogP contribution in [0.1, 0.15) is 56.2 Å². The molecule has 22 heavy (non-hydrogen) atoms. The van der Waals surface area contributed by atoms with E-state index in [4.69, 9.17) is 4.74 Å². The molecule has 1 aromatic rings. The molecule has 1 fully saturated rings. The van der Waals surface area contributed by atoms with Gasteiger partial charge >= 0.3 is 0 Å². The summed E-state index contributed by atoms with van der Waals surface area (Å²) in [6.07, 6.45) is 2.30. The van der Waals surface area contributed by atoms with Gasteiger partial charge in [-0.1, -0.05) is 33.3 Å². The number of hydrogen-bond acceptors (Lipinski definition) is 3. The number of benzene rings is 1. The van der Waals surface area contributed by atoms with Crippen LogP contribution in [0.25, 0.3) is 0 Å². The normalized spacial score (nSPS) is 16.2. The molecular weight excluding hydrogens is 272 g/mol. The molecule has 1 saturated heterocycles. The second kappa shape index (κ2) is 8.54. The summed E-state index contributed by atoms with van der Waals surface area (Å²) in [5.41, 5.74) is 4.16. The first kappa shape index (κ1) is 17.3. The van der Waals surface area contributed by atoms with Gasteiger partial charge in [0.15, 0.2) is 0 Å². The first-order valence-electron chi connectivity index (χ1n) is 8.81. The monoisotopic (exact) mass is 304 g/mol. The third-order valence-corrected chi connectivity index (χ3v) is 4.45. The summed E-state index contributed by atoms with van der Waals surface area (Å²) in [7, 11) is 0. The minimum absolute atomic E-state index is 0.499. The third kappa shape index (κ3) is 4.72. The van der Waals surface area contributed by atoms with Crippen molar-refractivity contribution in [3.05, 3.63) is 28.8 Å². The minimum atomic E-state index is 0.499. The molecule has 0 spiro atoms. The lowest BCUT2D eigenvalue weighted by Crippen LogP contribution is -2.43. The van der Waals surface area contributed by atoms with Crippen molar-refractivity contribution >= 4 is 0 Å². The van der Waals surface area contributed by atoms with Crippen molar-refractivity contribution in [2.45, 2.75) is 53.0 Å². The van der Waals surface area contributed by atoms with E-state index in [9.17, 15) is 0 Å². The third-order valence-electron chi connectivity index (χ3n) is 4.45. The van der Waals surface area contributed by atoms with Crippen molar-refractivity contribution in [2.75, 3.05) is 32.8 Å². The standard InChI is InChI=1S/C19H32N2O/c1-5-6-11-22-19-12-16(4)17(13-18(19)15(2)3)14-21-9-7-20-8-10-21/h12-13,15,20H,5-11,14H2,1-4H3. The minimum Gasteiger partial charge on any atom is -0.493 e. The van der Waals surface area contributed by atoms with E-state index in [1.165, 1.54) is 23.1 Å². The van der Waals surface area contributed by atoms with E-state index in [0.29, 0.717) is 5.92 Å². The Morgan fingerprint density at radius 3 is 2.59 bits per heavy atom. The van der Waals surface area contributed by atoms with Crippen LogP contribution in [0.15, 0.2) is 12.1 Å². The Morgan fingerprint density at radius 2 is 1.95 bits per heavy atom. The Hall–Kier alpha value is -1.06. The summed E-state index contributed by atoms with van der Waals surface area (Å²) in [4.78, 5) is 2.54. The van der Waals surface area contributed by atoms with Crippen LogP contribution in [0, 0.1) is 6.92 Å². The average Bonchev–Trinajstić information content (AvgIpc) is 2.50. The Balaban J connectivity index is 2.14. The molecule has 3 heteroatoms. The van der Waals surface area contributed by atoms with Crippen LogP contribution in [0.5, 0.6) is 5.75 Å². The molecule has 0 radical (unpaired) electrons. The van der Waals surface area contributed by atoms with Crippen molar-refractivity contribution in [1.82, 2.24) is 10.2 Å². The molecular formula is C19H32N2O. The van der Waals surface area contributed by atoms with Gasteiger partial charge in [0.25, 0.3) is 0 Å². The summed E-state index contributed by atoms with van der Waals surface area (Å²) in [5.74, 6) is 1.59. The van der Waals surface area contributed by atoms with Gasteiger partial charge in [0.05, 0.1) is 6.61 Å². The molecule has 0 bridgehead atoms. The van der Waals surface area contributed by atoms with Crippen LogP contribution < -0.4 is 10.1 Å². The molecule has 0 unspecified atom stereocenters. The van der Waals surface area contributed by atoms with Gasteiger partial charge in [-0.25, -0.2) is 0 Å². The summed E-state index contributed by atoms with van der Waals surface area (Å²) in [6.45, 7) is 15.3. The molecule has 0 amide bonds. The smallest absolute Gasteiger partial charge is 0.123 e. The number of rotatable bonds is 7. The van der Waals surface area contributed by atoms with Crippen molar-refractivity contribution in [2.24, 2.45) is 0 Å². The number of ether oxygens (including phenoxy) is 1. The molecule has 1 heterocycles. The summed E-state index contributed by atoms with van der Waals surface area (Å²) in [6, 6.07) is 4.63. The fourth-order valence-corrected chi connectivity index (χ4v) is 2.93. The van der Waals surface area contributed by atoms with E-state index >= 15 is 0 Å².